The van der Waals surface area contributed by atoms with E-state index in [0.29, 0.717) is 0 Å². The molecule has 1 spiro atoms. The number of aliphatic imine (C=N–C) groups is 1. The van der Waals surface area contributed by atoms with Crippen LogP contribution in [-0.4, -0.2) is 29.7 Å². The van der Waals surface area contributed by atoms with Gasteiger partial charge in [-0.3, -0.25) is 4.99 Å². The van der Waals surface area contributed by atoms with Crippen LogP contribution in [0.4, 0.5) is 0 Å². The van der Waals surface area contributed by atoms with Gasteiger partial charge >= 0.3 is 0 Å². The van der Waals surface area contributed by atoms with Gasteiger partial charge in [0, 0.05) is 19.0 Å². The summed E-state index contributed by atoms with van der Waals surface area (Å²) in [6.07, 6.45) is 2.19. The van der Waals surface area contributed by atoms with Crippen molar-refractivity contribution in [1.29, 1.82) is 0 Å². The summed E-state index contributed by atoms with van der Waals surface area (Å²) in [4.78, 5) is 4.88. The highest BCUT2D eigenvalue weighted by Crippen LogP contribution is 2.33. The number of thioether (sulfide) groups is 1. The zero-order valence-corrected chi connectivity index (χ0v) is 13.0. The lowest BCUT2D eigenvalue weighted by molar-refractivity contribution is 0.0555. The largest absolute Gasteiger partial charge is 0.381 e. The number of benzene rings is 1. The predicted octanol–water partition coefficient (Wildman–Crippen LogP) is 3.30. The summed E-state index contributed by atoms with van der Waals surface area (Å²) in [7, 11) is 0. The molecule has 0 bridgehead atoms. The van der Waals surface area contributed by atoms with Crippen LogP contribution in [0.1, 0.15) is 36.9 Å². The normalized spacial score (nSPS) is 24.8. The molecule has 2 saturated heterocycles. The highest BCUT2D eigenvalue weighted by atomic mass is 32.2. The van der Waals surface area contributed by atoms with E-state index in [1.807, 2.05) is 11.8 Å². The first-order valence-corrected chi connectivity index (χ1v) is 8.29. The monoisotopic (exact) mass is 290 g/mol. The van der Waals surface area contributed by atoms with Crippen molar-refractivity contribution in [2.24, 2.45) is 4.99 Å². The Morgan fingerprint density at radius 1 is 1.30 bits per heavy atom. The molecule has 1 atom stereocenters. The maximum absolute atomic E-state index is 5.47. The first-order chi connectivity index (χ1) is 9.69. The molecule has 2 fully saturated rings. The Morgan fingerprint density at radius 3 is 2.80 bits per heavy atom. The molecule has 4 heteroatoms. The van der Waals surface area contributed by atoms with Gasteiger partial charge in [0.15, 0.2) is 5.17 Å². The molecule has 1 aromatic rings. The smallest absolute Gasteiger partial charge is 0.157 e. The molecule has 3 rings (SSSR count). The number of rotatable bonds is 2. The summed E-state index contributed by atoms with van der Waals surface area (Å²) in [5.41, 5.74) is 2.86. The average molecular weight is 290 g/mol. The molecule has 2 aliphatic rings. The van der Waals surface area contributed by atoms with Gasteiger partial charge in [0.25, 0.3) is 0 Å². The Bertz CT molecular complexity index is 509. The summed E-state index contributed by atoms with van der Waals surface area (Å²) in [6, 6.07) is 8.71. The van der Waals surface area contributed by atoms with Crippen molar-refractivity contribution in [2.75, 3.05) is 19.0 Å². The highest BCUT2D eigenvalue weighted by Gasteiger charge is 2.38. The molecule has 0 saturated carbocycles. The molecule has 0 radical (unpaired) electrons. The molecular weight excluding hydrogens is 268 g/mol. The fourth-order valence-electron chi connectivity index (χ4n) is 2.91. The zero-order valence-electron chi connectivity index (χ0n) is 12.2. The Kier molecular flexibility index (Phi) is 4.03. The van der Waals surface area contributed by atoms with Gasteiger partial charge in [0.2, 0.25) is 0 Å². The topological polar surface area (TPSA) is 33.6 Å². The summed E-state index contributed by atoms with van der Waals surface area (Å²) < 4.78 is 5.47. The third-order valence-corrected chi connectivity index (χ3v) is 5.43. The average Bonchev–Trinajstić information content (AvgIpc) is 2.82. The minimum atomic E-state index is 0.209. The van der Waals surface area contributed by atoms with Gasteiger partial charge in [0.05, 0.1) is 11.6 Å². The second-order valence-corrected chi connectivity index (χ2v) is 6.74. The number of hydrogen-bond acceptors (Lipinski definition) is 3. The van der Waals surface area contributed by atoms with Crippen LogP contribution in [-0.2, 0) is 4.74 Å². The van der Waals surface area contributed by atoms with Crippen LogP contribution in [0.3, 0.4) is 0 Å². The second-order valence-electron chi connectivity index (χ2n) is 5.77. The maximum Gasteiger partial charge on any atom is 0.157 e. The molecule has 3 nitrogen and oxygen atoms in total. The SMILES string of the molecule is Cc1ccccc1C(C)N=C1NC2(CCOCC2)CS1. The lowest BCUT2D eigenvalue weighted by Gasteiger charge is -2.32. The van der Waals surface area contributed by atoms with E-state index in [0.717, 1.165) is 37.0 Å². The van der Waals surface area contributed by atoms with Crippen molar-refractivity contribution >= 4 is 16.9 Å². The number of nitrogens with zero attached hydrogens (tertiary/aromatic N) is 1. The van der Waals surface area contributed by atoms with E-state index < -0.39 is 0 Å². The van der Waals surface area contributed by atoms with Gasteiger partial charge in [-0.2, -0.15) is 0 Å². The van der Waals surface area contributed by atoms with E-state index in [9.17, 15) is 0 Å². The Morgan fingerprint density at radius 2 is 2.05 bits per heavy atom. The van der Waals surface area contributed by atoms with Crippen LogP contribution >= 0.6 is 11.8 Å². The van der Waals surface area contributed by atoms with E-state index in [2.05, 4.69) is 43.4 Å². The molecule has 2 aliphatic heterocycles. The zero-order chi connectivity index (χ0) is 14.0. The van der Waals surface area contributed by atoms with Gasteiger partial charge in [-0.1, -0.05) is 36.0 Å². The van der Waals surface area contributed by atoms with Crippen LogP contribution in [0.15, 0.2) is 29.3 Å². The fraction of sp³-hybridized carbons (Fsp3) is 0.562. The van der Waals surface area contributed by atoms with Gasteiger partial charge in [0.1, 0.15) is 0 Å². The first kappa shape index (κ1) is 14.0. The molecule has 1 unspecified atom stereocenters. The van der Waals surface area contributed by atoms with Crippen LogP contribution in [0.2, 0.25) is 0 Å². The fourth-order valence-corrected chi connectivity index (χ4v) is 4.20. The number of ether oxygens (including phenoxy) is 1. The van der Waals surface area contributed by atoms with Crippen LogP contribution in [0.5, 0.6) is 0 Å². The van der Waals surface area contributed by atoms with Crippen molar-refractivity contribution in [3.8, 4) is 0 Å². The summed E-state index contributed by atoms with van der Waals surface area (Å²) in [5, 5.41) is 4.76. The third-order valence-electron chi connectivity index (χ3n) is 4.26. The molecule has 0 amide bonds. The molecule has 1 N–H and O–H groups in total. The minimum absolute atomic E-state index is 0.209. The van der Waals surface area contributed by atoms with E-state index >= 15 is 0 Å². The lowest BCUT2D eigenvalue weighted by Crippen LogP contribution is -2.48. The van der Waals surface area contributed by atoms with E-state index in [1.165, 1.54) is 11.1 Å². The molecule has 2 heterocycles. The van der Waals surface area contributed by atoms with Crippen LogP contribution in [0, 0.1) is 6.92 Å². The molecule has 108 valence electrons. The molecular formula is C16H22N2OS. The van der Waals surface area contributed by atoms with E-state index in [4.69, 9.17) is 9.73 Å². The lowest BCUT2D eigenvalue weighted by atomic mass is 9.93. The van der Waals surface area contributed by atoms with E-state index in [-0.39, 0.29) is 11.6 Å². The van der Waals surface area contributed by atoms with Crippen molar-refractivity contribution in [1.82, 2.24) is 5.32 Å². The number of hydrogen-bond donors (Lipinski definition) is 1. The molecule has 20 heavy (non-hydrogen) atoms. The Hall–Kier alpha value is -1.000. The summed E-state index contributed by atoms with van der Waals surface area (Å²) >= 11 is 1.86. The van der Waals surface area contributed by atoms with Crippen LogP contribution in [0.25, 0.3) is 0 Å². The number of amidine groups is 1. The predicted molar refractivity (Wildman–Crippen MR) is 85.4 cm³/mol. The summed E-state index contributed by atoms with van der Waals surface area (Å²) in [5.74, 6) is 1.12. The molecule has 0 aromatic heterocycles. The van der Waals surface area contributed by atoms with Crippen molar-refractivity contribution in [3.05, 3.63) is 35.4 Å². The maximum atomic E-state index is 5.47. The quantitative estimate of drug-likeness (QED) is 0.907. The Labute approximate surface area is 125 Å². The minimum Gasteiger partial charge on any atom is -0.381 e. The van der Waals surface area contributed by atoms with Crippen molar-refractivity contribution < 1.29 is 4.74 Å². The van der Waals surface area contributed by atoms with Gasteiger partial charge in [-0.15, -0.1) is 0 Å². The first-order valence-electron chi connectivity index (χ1n) is 7.31. The van der Waals surface area contributed by atoms with Gasteiger partial charge in [-0.25, -0.2) is 0 Å². The van der Waals surface area contributed by atoms with Gasteiger partial charge < -0.3 is 10.1 Å². The summed E-state index contributed by atoms with van der Waals surface area (Å²) in [6.45, 7) is 6.07. The van der Waals surface area contributed by atoms with Gasteiger partial charge in [-0.05, 0) is 37.8 Å². The van der Waals surface area contributed by atoms with E-state index in [1.54, 1.807) is 0 Å². The standard InChI is InChI=1S/C16H22N2OS/c1-12-5-3-4-6-14(12)13(2)17-15-18-16(11-20-15)7-9-19-10-8-16/h3-6,13H,7-11H2,1-2H3,(H,17,18). The Balaban J connectivity index is 1.72. The molecule has 0 aliphatic carbocycles. The number of aryl methyl sites for hydroxylation is 1. The third kappa shape index (κ3) is 2.86. The number of nitrogens with one attached hydrogen (secondary N) is 1. The van der Waals surface area contributed by atoms with Crippen molar-refractivity contribution in [2.45, 2.75) is 38.3 Å². The molecule has 1 aromatic carbocycles. The van der Waals surface area contributed by atoms with Crippen LogP contribution < -0.4 is 5.32 Å². The second kappa shape index (κ2) is 5.78. The highest BCUT2D eigenvalue weighted by molar-refractivity contribution is 8.14. The van der Waals surface area contributed by atoms with Crippen molar-refractivity contribution in [3.63, 3.8) is 0 Å².